The zero-order chi connectivity index (χ0) is 19.8. The van der Waals surface area contributed by atoms with Gasteiger partial charge in [-0.15, -0.1) is 0 Å². The van der Waals surface area contributed by atoms with Crippen LogP contribution < -0.4 is 10.5 Å². The van der Waals surface area contributed by atoms with E-state index in [1.165, 1.54) is 6.07 Å². The molecule has 1 amide bonds. The number of rotatable bonds is 5. The van der Waals surface area contributed by atoms with E-state index in [-0.39, 0.29) is 5.75 Å². The Morgan fingerprint density at radius 1 is 1.07 bits per heavy atom. The number of nitrogens with zero attached hydrogens (tertiary/aromatic N) is 1. The highest BCUT2D eigenvalue weighted by atomic mass is 19.3. The first kappa shape index (κ1) is 18.0. The van der Waals surface area contributed by atoms with Crippen LogP contribution in [-0.2, 0) is 6.54 Å². The molecule has 2 N–H and O–H groups in total. The largest absolute Gasteiger partial charge is 0.435 e. The molecule has 4 aromatic rings. The number of hydrogen-bond acceptors (Lipinski definition) is 2. The number of halogens is 2. The highest BCUT2D eigenvalue weighted by Gasteiger charge is 2.17. The van der Waals surface area contributed by atoms with Crippen LogP contribution in [0.4, 0.5) is 8.78 Å². The van der Waals surface area contributed by atoms with Crippen LogP contribution in [0.3, 0.4) is 0 Å². The fraction of sp³-hybridized carbons (Fsp3) is 0.136. The number of amides is 1. The molecule has 0 bridgehead atoms. The number of aryl methyl sites for hydroxylation is 1. The predicted octanol–water partition coefficient (Wildman–Crippen LogP) is 4.85. The van der Waals surface area contributed by atoms with Gasteiger partial charge in [-0.3, -0.25) is 4.79 Å². The van der Waals surface area contributed by atoms with Crippen molar-refractivity contribution in [1.82, 2.24) is 4.57 Å². The molecule has 142 valence electrons. The summed E-state index contributed by atoms with van der Waals surface area (Å²) in [4.78, 5) is 12.0. The molecule has 4 rings (SSSR count). The summed E-state index contributed by atoms with van der Waals surface area (Å²) in [6.45, 7) is -0.441. The molecule has 0 saturated carbocycles. The number of carbonyl (C=O) groups excluding carboxylic acids is 1. The first-order chi connectivity index (χ1) is 13.4. The minimum Gasteiger partial charge on any atom is -0.435 e. The number of aromatic nitrogens is 1. The van der Waals surface area contributed by atoms with Crippen LogP contribution in [0.15, 0.2) is 60.7 Å². The Morgan fingerprint density at radius 2 is 1.86 bits per heavy atom. The SMILES string of the molecule is Cc1ccc2c3c(C(N)=O)cccc3n(Cc3cccc(OC(F)F)c3)c2c1. The van der Waals surface area contributed by atoms with Crippen molar-refractivity contribution in [2.45, 2.75) is 20.1 Å². The summed E-state index contributed by atoms with van der Waals surface area (Å²) in [5, 5.41) is 1.72. The van der Waals surface area contributed by atoms with Gasteiger partial charge in [-0.05, 0) is 48.4 Å². The van der Waals surface area contributed by atoms with E-state index in [2.05, 4.69) is 9.30 Å². The Bertz CT molecular complexity index is 1200. The number of carbonyl (C=O) groups is 1. The first-order valence-electron chi connectivity index (χ1n) is 8.79. The molecule has 0 radical (unpaired) electrons. The van der Waals surface area contributed by atoms with Crippen molar-refractivity contribution >= 4 is 27.7 Å². The van der Waals surface area contributed by atoms with E-state index in [9.17, 15) is 13.6 Å². The summed E-state index contributed by atoms with van der Waals surface area (Å²) >= 11 is 0. The van der Waals surface area contributed by atoms with E-state index in [1.54, 1.807) is 24.3 Å². The molecular formula is C22H18F2N2O2. The Kier molecular flexibility index (Phi) is 4.47. The van der Waals surface area contributed by atoms with E-state index in [4.69, 9.17) is 5.73 Å². The summed E-state index contributed by atoms with van der Waals surface area (Å²) in [5.74, 6) is -0.375. The van der Waals surface area contributed by atoms with E-state index >= 15 is 0 Å². The van der Waals surface area contributed by atoms with Gasteiger partial charge in [-0.25, -0.2) is 0 Å². The van der Waals surface area contributed by atoms with Crippen LogP contribution in [0.1, 0.15) is 21.5 Å². The number of fused-ring (bicyclic) bond motifs is 3. The Hall–Kier alpha value is -3.41. The molecule has 28 heavy (non-hydrogen) atoms. The Morgan fingerprint density at radius 3 is 2.61 bits per heavy atom. The number of alkyl halides is 2. The van der Waals surface area contributed by atoms with Gasteiger partial charge in [-0.1, -0.05) is 30.3 Å². The maximum atomic E-state index is 12.5. The summed E-state index contributed by atoms with van der Waals surface area (Å²) in [6.07, 6.45) is 0. The van der Waals surface area contributed by atoms with Gasteiger partial charge in [0.15, 0.2) is 0 Å². The van der Waals surface area contributed by atoms with Gasteiger partial charge in [0.25, 0.3) is 0 Å². The monoisotopic (exact) mass is 380 g/mol. The molecule has 4 nitrogen and oxygen atoms in total. The van der Waals surface area contributed by atoms with Gasteiger partial charge in [-0.2, -0.15) is 8.78 Å². The van der Waals surface area contributed by atoms with Crippen LogP contribution >= 0.6 is 0 Å². The smallest absolute Gasteiger partial charge is 0.387 e. The summed E-state index contributed by atoms with van der Waals surface area (Å²) < 4.78 is 31.7. The second-order valence-electron chi connectivity index (χ2n) is 6.70. The van der Waals surface area contributed by atoms with Crippen LogP contribution in [0, 0.1) is 6.92 Å². The van der Waals surface area contributed by atoms with E-state index < -0.39 is 12.5 Å². The minimum atomic E-state index is -2.87. The van der Waals surface area contributed by atoms with E-state index in [0.717, 1.165) is 32.9 Å². The quantitative estimate of drug-likeness (QED) is 0.538. The first-order valence-corrected chi connectivity index (χ1v) is 8.79. The fourth-order valence-corrected chi connectivity index (χ4v) is 3.63. The van der Waals surface area contributed by atoms with Gasteiger partial charge in [0.1, 0.15) is 5.75 Å². The molecule has 0 saturated heterocycles. The topological polar surface area (TPSA) is 57.2 Å². The van der Waals surface area contributed by atoms with Crippen LogP contribution in [0.5, 0.6) is 5.75 Å². The lowest BCUT2D eigenvalue weighted by molar-refractivity contribution is -0.0498. The molecule has 0 aliphatic carbocycles. The molecule has 0 atom stereocenters. The van der Waals surface area contributed by atoms with E-state index in [1.807, 2.05) is 37.3 Å². The van der Waals surface area contributed by atoms with Crippen molar-refractivity contribution in [3.63, 3.8) is 0 Å². The number of nitrogens with two attached hydrogens (primary N) is 1. The average molecular weight is 380 g/mol. The third-order valence-corrected chi connectivity index (χ3v) is 4.78. The van der Waals surface area contributed by atoms with Crippen molar-refractivity contribution in [3.8, 4) is 5.75 Å². The van der Waals surface area contributed by atoms with Gasteiger partial charge in [0, 0.05) is 28.4 Å². The zero-order valence-corrected chi connectivity index (χ0v) is 15.2. The lowest BCUT2D eigenvalue weighted by Crippen LogP contribution is -2.11. The molecule has 3 aromatic carbocycles. The summed E-state index contributed by atoms with van der Waals surface area (Å²) in [6, 6.07) is 18.1. The molecular weight excluding hydrogens is 362 g/mol. The standard InChI is InChI=1S/C22H18F2N2O2/c1-13-8-9-16-19(10-13)26(18-7-3-6-17(20(16)18)21(25)27)12-14-4-2-5-15(11-14)28-22(23)24/h2-11,22H,12H2,1H3,(H2,25,27). The molecule has 0 unspecified atom stereocenters. The molecule has 1 heterocycles. The zero-order valence-electron chi connectivity index (χ0n) is 15.2. The van der Waals surface area contributed by atoms with Crippen molar-refractivity contribution < 1.29 is 18.3 Å². The molecule has 0 spiro atoms. The second-order valence-corrected chi connectivity index (χ2v) is 6.70. The lowest BCUT2D eigenvalue weighted by Gasteiger charge is -2.10. The Balaban J connectivity index is 1.92. The predicted molar refractivity (Wildman–Crippen MR) is 105 cm³/mol. The van der Waals surface area contributed by atoms with Crippen molar-refractivity contribution in [3.05, 3.63) is 77.4 Å². The Labute approximate surface area is 160 Å². The van der Waals surface area contributed by atoms with Crippen LogP contribution in [0.2, 0.25) is 0 Å². The van der Waals surface area contributed by atoms with Gasteiger partial charge < -0.3 is 15.0 Å². The molecule has 6 heteroatoms. The van der Waals surface area contributed by atoms with E-state index in [0.29, 0.717) is 12.1 Å². The minimum absolute atomic E-state index is 0.113. The van der Waals surface area contributed by atoms with Gasteiger partial charge in [0.05, 0.1) is 5.52 Å². The average Bonchev–Trinajstić information content (AvgIpc) is 2.94. The lowest BCUT2D eigenvalue weighted by atomic mass is 10.1. The van der Waals surface area contributed by atoms with Crippen molar-refractivity contribution in [2.24, 2.45) is 5.73 Å². The van der Waals surface area contributed by atoms with Crippen LogP contribution in [-0.4, -0.2) is 17.1 Å². The maximum absolute atomic E-state index is 12.5. The normalized spacial score (nSPS) is 11.4. The number of benzene rings is 3. The highest BCUT2D eigenvalue weighted by molar-refractivity contribution is 6.17. The van der Waals surface area contributed by atoms with Crippen molar-refractivity contribution in [1.29, 1.82) is 0 Å². The molecule has 0 fully saturated rings. The fourth-order valence-electron chi connectivity index (χ4n) is 3.63. The van der Waals surface area contributed by atoms with Gasteiger partial charge in [0.2, 0.25) is 5.91 Å². The number of ether oxygens (including phenoxy) is 1. The number of primary amides is 1. The third-order valence-electron chi connectivity index (χ3n) is 4.78. The van der Waals surface area contributed by atoms with Gasteiger partial charge >= 0.3 is 6.61 Å². The number of hydrogen-bond donors (Lipinski definition) is 1. The molecule has 1 aromatic heterocycles. The summed E-state index contributed by atoms with van der Waals surface area (Å²) in [5.41, 5.74) is 9.74. The summed E-state index contributed by atoms with van der Waals surface area (Å²) in [7, 11) is 0. The second kappa shape index (κ2) is 6.96. The third kappa shape index (κ3) is 3.17. The highest BCUT2D eigenvalue weighted by Crippen LogP contribution is 2.33. The molecule has 0 aliphatic rings. The van der Waals surface area contributed by atoms with Crippen molar-refractivity contribution in [2.75, 3.05) is 0 Å². The molecule has 0 aliphatic heterocycles. The van der Waals surface area contributed by atoms with Crippen LogP contribution in [0.25, 0.3) is 21.8 Å². The maximum Gasteiger partial charge on any atom is 0.387 e.